The molecule has 4 rings (SSSR count). The van der Waals surface area contributed by atoms with Crippen LogP contribution in [0.1, 0.15) is 54.4 Å². The molecule has 1 aliphatic rings. The number of hydrogen-bond acceptors (Lipinski definition) is 5. The van der Waals surface area contributed by atoms with Gasteiger partial charge in [0.15, 0.2) is 0 Å². The van der Waals surface area contributed by atoms with Crippen LogP contribution in [0.25, 0.3) is 0 Å². The van der Waals surface area contributed by atoms with Crippen molar-refractivity contribution in [3.63, 3.8) is 0 Å². The molecule has 2 aromatic carbocycles. The summed E-state index contributed by atoms with van der Waals surface area (Å²) in [6.07, 6.45) is 0.609. The fourth-order valence-electron chi connectivity index (χ4n) is 4.40. The Kier molecular flexibility index (Phi) is 8.31. The minimum atomic E-state index is -0.234. The maximum Gasteiger partial charge on any atom is 0.292 e. The van der Waals surface area contributed by atoms with Crippen molar-refractivity contribution in [1.82, 2.24) is 15.0 Å². The monoisotopic (exact) mass is 509 g/mol. The first-order chi connectivity index (χ1) is 17.3. The van der Waals surface area contributed by atoms with E-state index in [1.54, 1.807) is 35.0 Å². The average Bonchev–Trinajstić information content (AvgIpc) is 3.36. The highest BCUT2D eigenvalue weighted by Gasteiger charge is 2.36. The van der Waals surface area contributed by atoms with Crippen molar-refractivity contribution in [2.75, 3.05) is 20.1 Å². The number of carbonyl (C=O) groups excluding carboxylic acids is 2. The lowest BCUT2D eigenvalue weighted by molar-refractivity contribution is -0.133. The number of carbonyl (C=O) groups is 2. The number of piperidine rings is 1. The number of ether oxygens (including phenoxy) is 1. The number of rotatable bonds is 8. The van der Waals surface area contributed by atoms with Crippen molar-refractivity contribution in [2.45, 2.75) is 45.3 Å². The predicted octanol–water partition coefficient (Wildman–Crippen LogP) is 5.41. The zero-order chi connectivity index (χ0) is 25.7. The summed E-state index contributed by atoms with van der Waals surface area (Å²) in [6, 6.07) is 18.8. The Labute approximate surface area is 217 Å². The molecule has 2 atom stereocenters. The third-order valence-electron chi connectivity index (χ3n) is 6.49. The van der Waals surface area contributed by atoms with Gasteiger partial charge in [0.1, 0.15) is 11.9 Å². The lowest BCUT2D eigenvalue weighted by Crippen LogP contribution is -2.49. The first-order valence-corrected chi connectivity index (χ1v) is 12.6. The molecule has 7 nitrogen and oxygen atoms in total. The van der Waals surface area contributed by atoms with Gasteiger partial charge in [-0.1, -0.05) is 67.0 Å². The summed E-state index contributed by atoms with van der Waals surface area (Å²) in [5, 5.41) is 4.61. The van der Waals surface area contributed by atoms with Crippen molar-refractivity contribution in [1.29, 1.82) is 0 Å². The Morgan fingerprint density at radius 3 is 2.64 bits per heavy atom. The summed E-state index contributed by atoms with van der Waals surface area (Å²) in [6.45, 7) is 5.39. The number of aromatic nitrogens is 1. The number of amides is 2. The molecule has 2 amide bonds. The largest absolute Gasteiger partial charge is 0.490 e. The molecule has 3 aromatic rings. The molecule has 8 heteroatoms. The van der Waals surface area contributed by atoms with Gasteiger partial charge in [-0.15, -0.1) is 0 Å². The van der Waals surface area contributed by atoms with Crippen molar-refractivity contribution in [2.24, 2.45) is 5.92 Å². The Morgan fingerprint density at radius 1 is 1.17 bits per heavy atom. The van der Waals surface area contributed by atoms with Crippen LogP contribution in [0.15, 0.2) is 65.2 Å². The highest BCUT2D eigenvalue weighted by atomic mass is 35.5. The summed E-state index contributed by atoms with van der Waals surface area (Å²) in [5.74, 6) is 0.626. The maximum absolute atomic E-state index is 13.2. The van der Waals surface area contributed by atoms with E-state index in [9.17, 15) is 9.59 Å². The summed E-state index contributed by atoms with van der Waals surface area (Å²) in [5.41, 5.74) is 1.80. The van der Waals surface area contributed by atoms with E-state index in [-0.39, 0.29) is 41.9 Å². The highest BCUT2D eigenvalue weighted by Crippen LogP contribution is 2.29. The molecule has 1 aliphatic heterocycles. The molecule has 0 saturated carbocycles. The highest BCUT2D eigenvalue weighted by molar-refractivity contribution is 6.30. The van der Waals surface area contributed by atoms with Crippen LogP contribution in [-0.2, 0) is 11.3 Å². The fraction of sp³-hybridized carbons (Fsp3) is 0.393. The van der Waals surface area contributed by atoms with Gasteiger partial charge in [0, 0.05) is 56.5 Å². The van der Waals surface area contributed by atoms with Crippen LogP contribution < -0.4 is 4.74 Å². The summed E-state index contributed by atoms with van der Waals surface area (Å²) < 4.78 is 11.6. The van der Waals surface area contributed by atoms with Gasteiger partial charge < -0.3 is 19.1 Å². The number of hydrogen-bond donors (Lipinski definition) is 0. The van der Waals surface area contributed by atoms with Crippen LogP contribution >= 0.6 is 11.6 Å². The topological polar surface area (TPSA) is 75.9 Å². The van der Waals surface area contributed by atoms with E-state index < -0.39 is 0 Å². The Hall–Kier alpha value is -3.32. The average molecular weight is 510 g/mol. The fourth-order valence-corrected chi connectivity index (χ4v) is 4.58. The van der Waals surface area contributed by atoms with E-state index in [4.69, 9.17) is 20.9 Å². The maximum atomic E-state index is 13.2. The Balaban J connectivity index is 1.48. The lowest BCUT2D eigenvalue weighted by Gasteiger charge is -2.38. The molecule has 0 bridgehead atoms. The standard InChI is InChI=1S/C28H32ClN3O4/c1-19(2)24-16-26(36-30-24)28(34)32-13-12-25(35-23-11-7-10-22(29)15-23)21(18-32)14-27(33)31(3)17-20-8-5-4-6-9-20/h4-11,15-16,19,21,25H,12-14,17-18H2,1-3H3/t21-,25-/m0/s1. The molecule has 0 N–H and O–H groups in total. The minimum Gasteiger partial charge on any atom is -0.490 e. The molecular formula is C28H32ClN3O4. The van der Waals surface area contributed by atoms with Gasteiger partial charge in [-0.2, -0.15) is 0 Å². The number of likely N-dealkylation sites (tertiary alicyclic amines) is 1. The summed E-state index contributed by atoms with van der Waals surface area (Å²) in [4.78, 5) is 29.9. The Morgan fingerprint density at radius 2 is 1.94 bits per heavy atom. The van der Waals surface area contributed by atoms with E-state index >= 15 is 0 Å². The van der Waals surface area contributed by atoms with Crippen LogP contribution in [0, 0.1) is 5.92 Å². The van der Waals surface area contributed by atoms with E-state index in [2.05, 4.69) is 5.16 Å². The molecule has 1 saturated heterocycles. The van der Waals surface area contributed by atoms with Crippen molar-refractivity contribution in [3.8, 4) is 5.75 Å². The van der Waals surface area contributed by atoms with Crippen LogP contribution in [0.3, 0.4) is 0 Å². The third kappa shape index (κ3) is 6.46. The number of nitrogens with zero attached hydrogens (tertiary/aromatic N) is 3. The van der Waals surface area contributed by atoms with Crippen LogP contribution in [-0.4, -0.2) is 53.0 Å². The smallest absolute Gasteiger partial charge is 0.292 e. The quantitative estimate of drug-likeness (QED) is 0.406. The molecule has 0 unspecified atom stereocenters. The molecule has 1 aromatic heterocycles. The van der Waals surface area contributed by atoms with Gasteiger partial charge in [0.05, 0.1) is 5.69 Å². The van der Waals surface area contributed by atoms with Gasteiger partial charge in [-0.05, 0) is 29.7 Å². The molecular weight excluding hydrogens is 478 g/mol. The van der Waals surface area contributed by atoms with Gasteiger partial charge >= 0.3 is 0 Å². The summed E-state index contributed by atoms with van der Waals surface area (Å²) >= 11 is 6.15. The molecule has 0 spiro atoms. The first-order valence-electron chi connectivity index (χ1n) is 12.3. The second-order valence-corrected chi connectivity index (χ2v) is 10.1. The molecule has 0 radical (unpaired) electrons. The van der Waals surface area contributed by atoms with E-state index in [1.165, 1.54) is 0 Å². The predicted molar refractivity (Wildman–Crippen MR) is 138 cm³/mol. The number of benzene rings is 2. The van der Waals surface area contributed by atoms with Crippen LogP contribution in [0.5, 0.6) is 5.75 Å². The van der Waals surface area contributed by atoms with E-state index in [1.807, 2.05) is 56.3 Å². The summed E-state index contributed by atoms with van der Waals surface area (Å²) in [7, 11) is 1.80. The van der Waals surface area contributed by atoms with Crippen molar-refractivity contribution < 1.29 is 18.8 Å². The molecule has 2 heterocycles. The number of halogens is 1. The van der Waals surface area contributed by atoms with Gasteiger partial charge in [0.25, 0.3) is 5.91 Å². The second-order valence-electron chi connectivity index (χ2n) is 9.62. The van der Waals surface area contributed by atoms with Gasteiger partial charge in [-0.3, -0.25) is 9.59 Å². The van der Waals surface area contributed by atoms with Gasteiger partial charge in [0.2, 0.25) is 11.7 Å². The Bertz CT molecular complexity index is 1180. The molecule has 0 aliphatic carbocycles. The zero-order valence-electron chi connectivity index (χ0n) is 20.9. The third-order valence-corrected chi connectivity index (χ3v) is 6.73. The van der Waals surface area contributed by atoms with Crippen molar-refractivity contribution in [3.05, 3.63) is 82.7 Å². The minimum absolute atomic E-state index is 0.000365. The SMILES string of the molecule is CC(C)c1cc(C(=O)N2CC[C@H](Oc3cccc(Cl)c3)[C@@H](CC(=O)N(C)Cc3ccccc3)C2)on1. The van der Waals surface area contributed by atoms with Crippen LogP contribution in [0.2, 0.25) is 5.02 Å². The second kappa shape index (κ2) is 11.6. The van der Waals surface area contributed by atoms with Crippen LogP contribution in [0.4, 0.5) is 0 Å². The first kappa shape index (κ1) is 25.8. The zero-order valence-corrected chi connectivity index (χ0v) is 21.6. The molecule has 190 valence electrons. The molecule has 36 heavy (non-hydrogen) atoms. The lowest BCUT2D eigenvalue weighted by atomic mass is 9.90. The van der Waals surface area contributed by atoms with E-state index in [0.29, 0.717) is 36.8 Å². The van der Waals surface area contributed by atoms with Crippen molar-refractivity contribution >= 4 is 23.4 Å². The van der Waals surface area contributed by atoms with Gasteiger partial charge in [-0.25, -0.2) is 0 Å². The normalized spacial score (nSPS) is 17.8. The molecule has 1 fully saturated rings. The van der Waals surface area contributed by atoms with E-state index in [0.717, 1.165) is 11.3 Å².